The molecule has 2 N–H and O–H groups in total. The number of imidazole rings is 1. The minimum atomic E-state index is -4.33. The molecule has 0 radical (unpaired) electrons. The number of hydrogen-bond donors (Lipinski definition) is 2. The summed E-state index contributed by atoms with van der Waals surface area (Å²) in [6, 6.07) is 5.23. The standard InChI is InChI=1S/C14H16F3N3/c1-18-7-3-6-13-19-9-12(20-13)10-4-2-5-11(8-10)14(15,16)17/h2,4-5,8-9,18H,3,6-7H2,1H3,(H,19,20). The number of hydrogen-bond acceptors (Lipinski definition) is 2. The van der Waals surface area contributed by atoms with E-state index in [0.717, 1.165) is 37.3 Å². The first-order chi connectivity index (χ1) is 9.50. The van der Waals surface area contributed by atoms with Crippen LogP contribution in [0.3, 0.4) is 0 Å². The quantitative estimate of drug-likeness (QED) is 0.827. The van der Waals surface area contributed by atoms with Gasteiger partial charge in [-0.3, -0.25) is 0 Å². The SMILES string of the molecule is CNCCCc1ncc(-c2cccc(C(F)(F)F)c2)[nH]1. The second-order valence-corrected chi connectivity index (χ2v) is 4.53. The first-order valence-corrected chi connectivity index (χ1v) is 6.37. The zero-order valence-electron chi connectivity index (χ0n) is 11.1. The van der Waals surface area contributed by atoms with Gasteiger partial charge in [0.05, 0.1) is 17.5 Å². The van der Waals surface area contributed by atoms with Crippen molar-refractivity contribution < 1.29 is 13.2 Å². The lowest BCUT2D eigenvalue weighted by atomic mass is 10.1. The predicted molar refractivity (Wildman–Crippen MR) is 71.3 cm³/mol. The number of aromatic nitrogens is 2. The van der Waals surface area contributed by atoms with E-state index in [2.05, 4.69) is 15.3 Å². The summed E-state index contributed by atoms with van der Waals surface area (Å²) >= 11 is 0. The number of rotatable bonds is 5. The molecule has 0 aliphatic carbocycles. The lowest BCUT2D eigenvalue weighted by Gasteiger charge is -2.07. The number of alkyl halides is 3. The first-order valence-electron chi connectivity index (χ1n) is 6.37. The third-order valence-electron chi connectivity index (χ3n) is 2.97. The summed E-state index contributed by atoms with van der Waals surface area (Å²) in [5.74, 6) is 0.785. The van der Waals surface area contributed by atoms with Gasteiger partial charge in [0, 0.05) is 12.0 Å². The molecule has 0 atom stereocenters. The Kier molecular flexibility index (Phi) is 4.44. The predicted octanol–water partition coefficient (Wildman–Crippen LogP) is 3.25. The van der Waals surface area contributed by atoms with Gasteiger partial charge < -0.3 is 10.3 Å². The third-order valence-corrected chi connectivity index (χ3v) is 2.97. The van der Waals surface area contributed by atoms with Crippen molar-refractivity contribution in [2.75, 3.05) is 13.6 Å². The van der Waals surface area contributed by atoms with Crippen molar-refractivity contribution in [2.45, 2.75) is 19.0 Å². The largest absolute Gasteiger partial charge is 0.416 e. The molecule has 0 bridgehead atoms. The number of nitrogens with one attached hydrogen (secondary N) is 2. The van der Waals surface area contributed by atoms with Crippen LogP contribution in [0.4, 0.5) is 13.2 Å². The molecule has 2 aromatic rings. The first kappa shape index (κ1) is 14.6. The summed E-state index contributed by atoms with van der Waals surface area (Å²) in [6.07, 6.45) is -1.07. The highest BCUT2D eigenvalue weighted by Gasteiger charge is 2.30. The molecule has 0 saturated heterocycles. The van der Waals surface area contributed by atoms with Crippen LogP contribution >= 0.6 is 0 Å². The van der Waals surface area contributed by atoms with E-state index in [-0.39, 0.29) is 0 Å². The molecule has 0 amide bonds. The van der Waals surface area contributed by atoms with E-state index in [1.54, 1.807) is 12.3 Å². The van der Waals surface area contributed by atoms with Crippen molar-refractivity contribution >= 4 is 0 Å². The Labute approximate surface area is 115 Å². The highest BCUT2D eigenvalue weighted by Crippen LogP contribution is 2.31. The zero-order chi connectivity index (χ0) is 14.6. The van der Waals surface area contributed by atoms with E-state index in [0.29, 0.717) is 11.3 Å². The molecule has 0 aliphatic heterocycles. The van der Waals surface area contributed by atoms with Crippen LogP contribution in [-0.4, -0.2) is 23.6 Å². The summed E-state index contributed by atoms with van der Waals surface area (Å²) in [5.41, 5.74) is 0.448. The Bertz CT molecular complexity index is 561. The summed E-state index contributed by atoms with van der Waals surface area (Å²) < 4.78 is 38.0. The molecule has 1 aromatic carbocycles. The van der Waals surface area contributed by atoms with Crippen LogP contribution in [-0.2, 0) is 12.6 Å². The van der Waals surface area contributed by atoms with E-state index in [1.165, 1.54) is 6.07 Å². The Morgan fingerprint density at radius 2 is 2.10 bits per heavy atom. The van der Waals surface area contributed by atoms with Gasteiger partial charge in [0.1, 0.15) is 5.82 Å². The maximum Gasteiger partial charge on any atom is 0.416 e. The zero-order valence-corrected chi connectivity index (χ0v) is 11.1. The average Bonchev–Trinajstić information content (AvgIpc) is 2.87. The number of H-pyrrole nitrogens is 1. The van der Waals surface area contributed by atoms with Gasteiger partial charge >= 0.3 is 6.18 Å². The number of nitrogens with zero attached hydrogens (tertiary/aromatic N) is 1. The molecule has 0 spiro atoms. The van der Waals surface area contributed by atoms with Crippen molar-refractivity contribution in [3.05, 3.63) is 41.9 Å². The number of halogens is 3. The Hall–Kier alpha value is -1.82. The van der Waals surface area contributed by atoms with Crippen molar-refractivity contribution in [1.82, 2.24) is 15.3 Å². The van der Waals surface area contributed by atoms with Crippen molar-refractivity contribution in [2.24, 2.45) is 0 Å². The Balaban J connectivity index is 2.16. The van der Waals surface area contributed by atoms with Gasteiger partial charge in [-0.1, -0.05) is 12.1 Å². The molecule has 0 aliphatic rings. The van der Waals surface area contributed by atoms with E-state index < -0.39 is 11.7 Å². The van der Waals surface area contributed by atoms with Crippen LogP contribution < -0.4 is 5.32 Å². The monoisotopic (exact) mass is 283 g/mol. The molecule has 2 rings (SSSR count). The van der Waals surface area contributed by atoms with E-state index >= 15 is 0 Å². The van der Waals surface area contributed by atoms with Crippen molar-refractivity contribution in [1.29, 1.82) is 0 Å². The molecule has 1 heterocycles. The van der Waals surface area contributed by atoms with Gasteiger partial charge in [0.15, 0.2) is 0 Å². The minimum Gasteiger partial charge on any atom is -0.342 e. The van der Waals surface area contributed by atoms with Gasteiger partial charge in [-0.05, 0) is 32.1 Å². The number of aryl methyl sites for hydroxylation is 1. The molecule has 3 nitrogen and oxygen atoms in total. The number of benzene rings is 1. The Morgan fingerprint density at radius 3 is 2.80 bits per heavy atom. The molecule has 108 valence electrons. The van der Waals surface area contributed by atoms with Crippen LogP contribution in [0.5, 0.6) is 0 Å². The molecular formula is C14H16F3N3. The molecule has 0 fully saturated rings. The molecule has 20 heavy (non-hydrogen) atoms. The minimum absolute atomic E-state index is 0.493. The van der Waals surface area contributed by atoms with Crippen LogP contribution in [0.15, 0.2) is 30.5 Å². The fourth-order valence-electron chi connectivity index (χ4n) is 1.93. The van der Waals surface area contributed by atoms with E-state index in [4.69, 9.17) is 0 Å². The van der Waals surface area contributed by atoms with E-state index in [9.17, 15) is 13.2 Å². The molecule has 0 unspecified atom stereocenters. The second kappa shape index (κ2) is 6.09. The fraction of sp³-hybridized carbons (Fsp3) is 0.357. The maximum atomic E-state index is 12.7. The number of aromatic amines is 1. The second-order valence-electron chi connectivity index (χ2n) is 4.53. The molecule has 0 saturated carbocycles. The highest BCUT2D eigenvalue weighted by molar-refractivity contribution is 5.59. The maximum absolute atomic E-state index is 12.7. The van der Waals surface area contributed by atoms with Crippen LogP contribution in [0, 0.1) is 0 Å². The van der Waals surface area contributed by atoms with Gasteiger partial charge in [-0.2, -0.15) is 13.2 Å². The lowest BCUT2D eigenvalue weighted by Crippen LogP contribution is -2.08. The van der Waals surface area contributed by atoms with Crippen LogP contribution in [0.2, 0.25) is 0 Å². The third kappa shape index (κ3) is 3.60. The lowest BCUT2D eigenvalue weighted by molar-refractivity contribution is -0.137. The van der Waals surface area contributed by atoms with Gasteiger partial charge in [0.2, 0.25) is 0 Å². The van der Waals surface area contributed by atoms with Crippen LogP contribution in [0.25, 0.3) is 11.3 Å². The van der Waals surface area contributed by atoms with Gasteiger partial charge in [0.25, 0.3) is 0 Å². The fourth-order valence-corrected chi connectivity index (χ4v) is 1.93. The summed E-state index contributed by atoms with van der Waals surface area (Å²) in [7, 11) is 1.87. The molecule has 6 heteroatoms. The highest BCUT2D eigenvalue weighted by atomic mass is 19.4. The van der Waals surface area contributed by atoms with Crippen LogP contribution in [0.1, 0.15) is 17.8 Å². The molecule has 1 aromatic heterocycles. The van der Waals surface area contributed by atoms with Crippen molar-refractivity contribution in [3.63, 3.8) is 0 Å². The summed E-state index contributed by atoms with van der Waals surface area (Å²) in [6.45, 7) is 0.875. The average molecular weight is 283 g/mol. The summed E-state index contributed by atoms with van der Waals surface area (Å²) in [5, 5.41) is 3.03. The van der Waals surface area contributed by atoms with E-state index in [1.807, 2.05) is 7.05 Å². The topological polar surface area (TPSA) is 40.7 Å². The molecular weight excluding hydrogens is 267 g/mol. The smallest absolute Gasteiger partial charge is 0.342 e. The van der Waals surface area contributed by atoms with Crippen molar-refractivity contribution in [3.8, 4) is 11.3 Å². The summed E-state index contributed by atoms with van der Waals surface area (Å²) in [4.78, 5) is 7.25. The Morgan fingerprint density at radius 1 is 1.30 bits per heavy atom. The normalized spacial score (nSPS) is 11.8. The van der Waals surface area contributed by atoms with Gasteiger partial charge in [-0.25, -0.2) is 4.98 Å². The van der Waals surface area contributed by atoms with Gasteiger partial charge in [-0.15, -0.1) is 0 Å².